The number of halogens is 4. The van der Waals surface area contributed by atoms with E-state index in [-0.39, 0.29) is 28.7 Å². The van der Waals surface area contributed by atoms with E-state index in [0.29, 0.717) is 31.7 Å². The second kappa shape index (κ2) is 10.5. The molecule has 8 nitrogen and oxygen atoms in total. The van der Waals surface area contributed by atoms with Gasteiger partial charge in [-0.15, -0.1) is 0 Å². The molecule has 1 unspecified atom stereocenters. The monoisotopic (exact) mass is 556 g/mol. The Hall–Kier alpha value is -4.61. The summed E-state index contributed by atoms with van der Waals surface area (Å²) in [6.07, 6.45) is -5.09. The van der Waals surface area contributed by atoms with Gasteiger partial charge in [-0.3, -0.25) is 4.79 Å². The van der Waals surface area contributed by atoms with Gasteiger partial charge in [0.05, 0.1) is 29.3 Å². The number of hydrogen-bond donors (Lipinski definition) is 2. The van der Waals surface area contributed by atoms with Crippen LogP contribution in [-0.4, -0.2) is 59.2 Å². The first-order chi connectivity index (χ1) is 19.0. The van der Waals surface area contributed by atoms with Gasteiger partial charge in [-0.1, -0.05) is 12.1 Å². The number of carboxylic acids is 2. The zero-order valence-electron chi connectivity index (χ0n) is 21.0. The van der Waals surface area contributed by atoms with E-state index in [4.69, 9.17) is 4.99 Å². The molecule has 208 valence electrons. The number of rotatable bonds is 5. The molecule has 3 aromatic rings. The fourth-order valence-electron chi connectivity index (χ4n) is 5.03. The van der Waals surface area contributed by atoms with Crippen molar-refractivity contribution in [1.82, 2.24) is 4.90 Å². The number of fused-ring (bicyclic) bond motifs is 1. The molecule has 40 heavy (non-hydrogen) atoms. The molecule has 0 saturated carbocycles. The second-order valence-electron chi connectivity index (χ2n) is 9.47. The van der Waals surface area contributed by atoms with Crippen LogP contribution in [0, 0.1) is 5.82 Å². The summed E-state index contributed by atoms with van der Waals surface area (Å²) in [4.78, 5) is 33.7. The van der Waals surface area contributed by atoms with Crippen molar-refractivity contribution in [2.75, 3.05) is 36.0 Å². The van der Waals surface area contributed by atoms with Gasteiger partial charge in [0, 0.05) is 43.1 Å². The number of carbonyl (C=O) groups is 2. The molecule has 1 atom stereocenters. The van der Waals surface area contributed by atoms with Crippen LogP contribution < -0.4 is 9.80 Å². The van der Waals surface area contributed by atoms with Crippen molar-refractivity contribution in [1.29, 1.82) is 0 Å². The van der Waals surface area contributed by atoms with Crippen LogP contribution in [0.3, 0.4) is 0 Å². The summed E-state index contributed by atoms with van der Waals surface area (Å²) in [5.74, 6) is -2.51. The number of aromatic carboxylic acids is 1. The van der Waals surface area contributed by atoms with Crippen molar-refractivity contribution < 1.29 is 37.4 Å². The van der Waals surface area contributed by atoms with Gasteiger partial charge in [0.25, 0.3) is 0 Å². The van der Waals surface area contributed by atoms with E-state index in [2.05, 4.69) is 0 Å². The van der Waals surface area contributed by atoms with Gasteiger partial charge in [-0.25, -0.2) is 14.2 Å². The Labute approximate surface area is 226 Å². The number of benzene rings is 3. The van der Waals surface area contributed by atoms with Gasteiger partial charge in [-0.05, 0) is 54.6 Å². The molecule has 0 spiro atoms. The molecule has 0 radical (unpaired) electrons. The minimum Gasteiger partial charge on any atom is -0.481 e. The molecule has 0 aromatic heterocycles. The van der Waals surface area contributed by atoms with Crippen molar-refractivity contribution in [3.63, 3.8) is 0 Å². The average Bonchev–Trinajstić information content (AvgIpc) is 2.92. The zero-order chi connectivity index (χ0) is 28.6. The third-order valence-corrected chi connectivity index (χ3v) is 6.96. The minimum atomic E-state index is -4.62. The van der Waals surface area contributed by atoms with Crippen molar-refractivity contribution in [2.24, 2.45) is 4.99 Å². The zero-order valence-corrected chi connectivity index (χ0v) is 21.0. The Balaban J connectivity index is 1.58. The molecule has 2 heterocycles. The van der Waals surface area contributed by atoms with Crippen LogP contribution in [-0.2, 0) is 11.0 Å². The van der Waals surface area contributed by atoms with Gasteiger partial charge in [0.15, 0.2) is 0 Å². The highest BCUT2D eigenvalue weighted by Crippen LogP contribution is 2.42. The lowest BCUT2D eigenvalue weighted by molar-refractivity contribution is -0.138. The molecular formula is C28H24F4N4O4. The van der Waals surface area contributed by atoms with E-state index in [1.165, 1.54) is 47.4 Å². The molecule has 0 amide bonds. The van der Waals surface area contributed by atoms with E-state index < -0.39 is 36.1 Å². The number of nitrogens with zero attached hydrogens (tertiary/aromatic N) is 4. The Kier molecular flexibility index (Phi) is 7.09. The van der Waals surface area contributed by atoms with E-state index >= 15 is 0 Å². The number of anilines is 2. The van der Waals surface area contributed by atoms with Gasteiger partial charge in [0.2, 0.25) is 5.96 Å². The van der Waals surface area contributed by atoms with E-state index in [1.54, 1.807) is 12.1 Å². The number of aliphatic imine (C=N–C) groups is 1. The number of hydrogen-bond acceptors (Lipinski definition) is 6. The second-order valence-corrected chi connectivity index (χ2v) is 9.47. The maximum absolute atomic E-state index is 13.6. The maximum Gasteiger partial charge on any atom is 0.416 e. The number of alkyl halides is 3. The van der Waals surface area contributed by atoms with Crippen molar-refractivity contribution in [3.8, 4) is 0 Å². The molecule has 2 aliphatic rings. The first-order valence-corrected chi connectivity index (χ1v) is 12.4. The molecule has 2 aliphatic heterocycles. The number of aliphatic carboxylic acids is 1. The van der Waals surface area contributed by atoms with Crippen LogP contribution in [0.2, 0.25) is 0 Å². The highest BCUT2D eigenvalue weighted by atomic mass is 19.4. The summed E-state index contributed by atoms with van der Waals surface area (Å²) in [5, 5.41) is 19.3. The molecule has 12 heteroatoms. The SMILES string of the molecule is O=C(O)CC1c2ccc(C(=O)O)cc2N=C(N2CCN(c3ccc(F)cc3)CC2)N1c1cccc(C(F)(F)F)c1. The normalized spacial score (nSPS) is 17.4. The van der Waals surface area contributed by atoms with Crippen LogP contribution in [0.25, 0.3) is 0 Å². The van der Waals surface area contributed by atoms with Crippen LogP contribution in [0.15, 0.2) is 71.7 Å². The highest BCUT2D eigenvalue weighted by molar-refractivity contribution is 6.02. The first-order valence-electron chi connectivity index (χ1n) is 12.4. The van der Waals surface area contributed by atoms with Crippen LogP contribution in [0.4, 0.5) is 34.6 Å². The molecule has 2 N–H and O–H groups in total. The summed E-state index contributed by atoms with van der Waals surface area (Å²) in [6.45, 7) is 1.71. The lowest BCUT2D eigenvalue weighted by Crippen LogP contribution is -2.55. The Morgan fingerprint density at radius 2 is 1.55 bits per heavy atom. The molecule has 1 fully saturated rings. The summed E-state index contributed by atoms with van der Waals surface area (Å²) in [6, 6.07) is 13.8. The summed E-state index contributed by atoms with van der Waals surface area (Å²) >= 11 is 0. The topological polar surface area (TPSA) is 96.7 Å². The third kappa shape index (κ3) is 5.42. The van der Waals surface area contributed by atoms with Gasteiger partial charge in [0.1, 0.15) is 5.82 Å². The number of carboxylic acid groups (broad SMARTS) is 2. The van der Waals surface area contributed by atoms with Gasteiger partial charge in [-0.2, -0.15) is 13.2 Å². The molecule has 0 bridgehead atoms. The molecular weight excluding hydrogens is 532 g/mol. The van der Waals surface area contributed by atoms with Crippen LogP contribution in [0.1, 0.15) is 33.9 Å². The van der Waals surface area contributed by atoms with E-state index in [1.807, 2.05) is 9.80 Å². The average molecular weight is 557 g/mol. The molecule has 5 rings (SSSR count). The van der Waals surface area contributed by atoms with Gasteiger partial charge < -0.3 is 24.9 Å². The highest BCUT2D eigenvalue weighted by Gasteiger charge is 2.38. The first kappa shape index (κ1) is 27.0. The summed E-state index contributed by atoms with van der Waals surface area (Å²) < 4.78 is 54.3. The Bertz CT molecular complexity index is 1470. The lowest BCUT2D eigenvalue weighted by Gasteiger charge is -2.45. The number of guanidine groups is 1. The van der Waals surface area contributed by atoms with Crippen molar-refractivity contribution in [3.05, 3.63) is 89.2 Å². The van der Waals surface area contributed by atoms with Gasteiger partial charge >= 0.3 is 18.1 Å². The number of piperazine rings is 1. The minimum absolute atomic E-state index is 0.0513. The standard InChI is InChI=1S/C28H24F4N4O4/c29-19-5-7-20(8-6-19)34-10-12-35(13-11-34)27-33-23-14-17(26(39)40)4-9-22(23)24(16-25(37)38)36(27)21-3-1-2-18(15-21)28(30,31)32/h1-9,14-15,24H,10-13,16H2,(H,37,38)(H,39,40). The fraction of sp³-hybridized carbons (Fsp3) is 0.250. The van der Waals surface area contributed by atoms with Crippen LogP contribution in [0.5, 0.6) is 0 Å². The van der Waals surface area contributed by atoms with Crippen molar-refractivity contribution >= 4 is 35.0 Å². The van der Waals surface area contributed by atoms with E-state index in [9.17, 15) is 37.4 Å². The lowest BCUT2D eigenvalue weighted by atomic mass is 9.95. The van der Waals surface area contributed by atoms with Crippen LogP contribution >= 0.6 is 0 Å². The molecule has 0 aliphatic carbocycles. The fourth-order valence-corrected chi connectivity index (χ4v) is 5.03. The Morgan fingerprint density at radius 3 is 2.17 bits per heavy atom. The Morgan fingerprint density at radius 1 is 0.875 bits per heavy atom. The molecule has 3 aromatic carbocycles. The third-order valence-electron chi connectivity index (χ3n) is 6.96. The predicted octanol–water partition coefficient (Wildman–Crippen LogP) is 5.39. The largest absolute Gasteiger partial charge is 0.481 e. The molecule has 1 saturated heterocycles. The maximum atomic E-state index is 13.6. The summed E-state index contributed by atoms with van der Waals surface area (Å²) in [5.41, 5.74) is 0.593. The van der Waals surface area contributed by atoms with Crippen molar-refractivity contribution in [2.45, 2.75) is 18.6 Å². The quantitative estimate of drug-likeness (QED) is 0.407. The van der Waals surface area contributed by atoms with E-state index in [0.717, 1.165) is 17.8 Å². The smallest absolute Gasteiger partial charge is 0.416 e. The summed E-state index contributed by atoms with van der Waals surface area (Å²) in [7, 11) is 0. The predicted molar refractivity (Wildman–Crippen MR) is 140 cm³/mol.